The lowest BCUT2D eigenvalue weighted by atomic mass is 9.92. The second-order valence-corrected chi connectivity index (χ2v) is 5.44. The summed E-state index contributed by atoms with van der Waals surface area (Å²) in [5.74, 6) is -0.384. The molecule has 0 aliphatic heterocycles. The predicted octanol–water partition coefficient (Wildman–Crippen LogP) is 1.24. The summed E-state index contributed by atoms with van der Waals surface area (Å²) in [4.78, 5) is 35.8. The van der Waals surface area contributed by atoms with Gasteiger partial charge in [0.15, 0.2) is 0 Å². The van der Waals surface area contributed by atoms with Gasteiger partial charge in [-0.25, -0.2) is 4.79 Å². The Morgan fingerprint density at radius 1 is 1.12 bits per heavy atom. The molecule has 1 aliphatic carbocycles. The summed E-state index contributed by atoms with van der Waals surface area (Å²) in [6, 6.07) is 6.42. The van der Waals surface area contributed by atoms with Crippen LogP contribution in [0, 0.1) is 31.6 Å². The minimum atomic E-state index is -0.763. The molecule has 0 saturated heterocycles. The Morgan fingerprint density at radius 2 is 1.80 bits per heavy atom. The molecule has 1 aromatic rings. The summed E-state index contributed by atoms with van der Waals surface area (Å²) >= 11 is 0. The average Bonchev–Trinajstić information content (AvgIpc) is 3.14. The van der Waals surface area contributed by atoms with Crippen LogP contribution >= 0.6 is 0 Å². The Bertz CT molecular complexity index is 624. The number of rotatable bonds is 7. The molecule has 131 valence electrons. The van der Waals surface area contributed by atoms with Crippen LogP contribution in [0.5, 0.6) is 0 Å². The van der Waals surface area contributed by atoms with Gasteiger partial charge in [-0.15, -0.1) is 0 Å². The lowest BCUT2D eigenvalue weighted by Crippen LogP contribution is -2.44. The molecule has 2 rings (SSSR count). The lowest BCUT2D eigenvalue weighted by molar-refractivity contribution is -0.146. The van der Waals surface area contributed by atoms with E-state index in [0.717, 1.165) is 11.5 Å². The maximum Gasteiger partial charge on any atom is 0.328 e. The second kappa shape index (κ2) is 9.20. The third kappa shape index (κ3) is 5.31. The Kier molecular flexibility index (Phi) is 6.98. The minimum absolute atomic E-state index is 0.224. The minimum Gasteiger partial charge on any atom is -0.464 e. The quantitative estimate of drug-likeness (QED) is 0.731. The molecule has 1 aliphatic rings. The van der Waals surface area contributed by atoms with E-state index >= 15 is 0 Å². The largest absolute Gasteiger partial charge is 0.464 e. The molecule has 2 N–H and O–H groups in total. The number of nitrogens with one attached hydrogen (secondary N) is 2. The zero-order chi connectivity index (χ0) is 18.2. The van der Waals surface area contributed by atoms with Gasteiger partial charge in [-0.2, -0.15) is 0 Å². The standard InChI is InChI=1S/C19H21N2O4/c1-3-25-19(24)13(2)21-17(22)12-20-18(23)16-11-7-6-10-15(16)14-8-4-5-9-14/h4-11,13H,3,12H2,1-2H3,(H,20,23)(H,21,22)/t13-/m0/s1. The summed E-state index contributed by atoms with van der Waals surface area (Å²) in [5, 5.41) is 5.06. The van der Waals surface area contributed by atoms with Crippen LogP contribution in [0.25, 0.3) is 0 Å². The van der Waals surface area contributed by atoms with E-state index in [9.17, 15) is 14.4 Å². The van der Waals surface area contributed by atoms with Gasteiger partial charge >= 0.3 is 5.97 Å². The van der Waals surface area contributed by atoms with Crippen LogP contribution in [0.2, 0.25) is 0 Å². The average molecular weight is 341 g/mol. The molecule has 0 heterocycles. The second-order valence-electron chi connectivity index (χ2n) is 5.44. The molecule has 2 amide bonds. The first kappa shape index (κ1) is 19.0. The number of esters is 1. The van der Waals surface area contributed by atoms with Gasteiger partial charge in [-0.3, -0.25) is 9.59 Å². The lowest BCUT2D eigenvalue weighted by Gasteiger charge is -2.15. The number of ether oxygens (including phenoxy) is 1. The van der Waals surface area contributed by atoms with Crippen LogP contribution in [-0.2, 0) is 14.3 Å². The van der Waals surface area contributed by atoms with Crippen molar-refractivity contribution in [2.75, 3.05) is 13.2 Å². The fourth-order valence-corrected chi connectivity index (χ4v) is 2.36. The van der Waals surface area contributed by atoms with Crippen LogP contribution in [0.3, 0.4) is 0 Å². The van der Waals surface area contributed by atoms with E-state index in [-0.39, 0.29) is 19.1 Å². The number of carbonyl (C=O) groups excluding carboxylic acids is 3. The van der Waals surface area contributed by atoms with Crippen molar-refractivity contribution in [2.24, 2.45) is 0 Å². The summed E-state index contributed by atoms with van der Waals surface area (Å²) in [5.41, 5.74) is 1.28. The molecule has 25 heavy (non-hydrogen) atoms. The van der Waals surface area contributed by atoms with E-state index in [1.807, 2.05) is 37.8 Å². The van der Waals surface area contributed by atoms with Gasteiger partial charge in [0, 0.05) is 11.5 Å². The maximum absolute atomic E-state index is 12.4. The Hall–Kier alpha value is -2.37. The molecule has 6 nitrogen and oxygen atoms in total. The molecule has 0 aromatic heterocycles. The first-order valence-corrected chi connectivity index (χ1v) is 8.08. The molecular weight excluding hydrogens is 320 g/mol. The Morgan fingerprint density at radius 3 is 2.48 bits per heavy atom. The van der Waals surface area contributed by atoms with E-state index in [0.29, 0.717) is 5.56 Å². The third-order valence-corrected chi connectivity index (χ3v) is 3.57. The normalized spacial score (nSPS) is 15.4. The van der Waals surface area contributed by atoms with E-state index in [2.05, 4.69) is 10.6 Å². The molecule has 1 aromatic carbocycles. The van der Waals surface area contributed by atoms with Gasteiger partial charge in [-0.05, 0) is 51.2 Å². The fraction of sp³-hybridized carbons (Fsp3) is 0.263. The van der Waals surface area contributed by atoms with Crippen LogP contribution in [0.4, 0.5) is 0 Å². The van der Waals surface area contributed by atoms with Gasteiger partial charge in [0.1, 0.15) is 6.04 Å². The first-order valence-electron chi connectivity index (χ1n) is 8.08. The highest BCUT2D eigenvalue weighted by atomic mass is 16.5. The number of hydrogen-bond acceptors (Lipinski definition) is 4. The maximum atomic E-state index is 12.4. The van der Waals surface area contributed by atoms with Crippen molar-refractivity contribution in [1.29, 1.82) is 0 Å². The van der Waals surface area contributed by atoms with Gasteiger partial charge in [0.2, 0.25) is 5.91 Å². The molecule has 1 atom stereocenters. The SMILES string of the molecule is CCOC(=O)[C@H](C)NC(=O)CNC(=O)c1ccccc1[C]1[CH][CH][CH][CH]1. The van der Waals surface area contributed by atoms with E-state index in [1.54, 1.807) is 19.1 Å². The molecule has 6 heteroatoms. The van der Waals surface area contributed by atoms with Crippen molar-refractivity contribution >= 4 is 17.8 Å². The van der Waals surface area contributed by atoms with Crippen molar-refractivity contribution in [1.82, 2.24) is 10.6 Å². The highest BCUT2D eigenvalue weighted by Crippen LogP contribution is 2.31. The highest BCUT2D eigenvalue weighted by Gasteiger charge is 2.24. The van der Waals surface area contributed by atoms with Crippen LogP contribution in [0.15, 0.2) is 24.3 Å². The molecule has 0 spiro atoms. The van der Waals surface area contributed by atoms with Crippen molar-refractivity contribution in [3.05, 3.63) is 67.0 Å². The van der Waals surface area contributed by atoms with Gasteiger partial charge < -0.3 is 15.4 Å². The highest BCUT2D eigenvalue weighted by molar-refractivity contribution is 5.99. The number of benzene rings is 1. The van der Waals surface area contributed by atoms with E-state index < -0.39 is 17.9 Å². The smallest absolute Gasteiger partial charge is 0.328 e. The van der Waals surface area contributed by atoms with Crippen molar-refractivity contribution < 1.29 is 19.1 Å². The van der Waals surface area contributed by atoms with Crippen LogP contribution < -0.4 is 10.6 Å². The van der Waals surface area contributed by atoms with E-state index in [4.69, 9.17) is 4.74 Å². The monoisotopic (exact) mass is 341 g/mol. The first-order chi connectivity index (χ1) is 12.0. The number of hydrogen-bond donors (Lipinski definition) is 2. The molecule has 1 saturated carbocycles. The Balaban J connectivity index is 1.90. The zero-order valence-electron chi connectivity index (χ0n) is 14.2. The molecule has 5 radical (unpaired) electrons. The van der Waals surface area contributed by atoms with Gasteiger partial charge in [-0.1, -0.05) is 18.2 Å². The van der Waals surface area contributed by atoms with Crippen LogP contribution in [-0.4, -0.2) is 37.0 Å². The van der Waals surface area contributed by atoms with Crippen LogP contribution in [0.1, 0.15) is 29.8 Å². The van der Waals surface area contributed by atoms with Crippen molar-refractivity contribution in [2.45, 2.75) is 19.9 Å². The molecule has 0 bridgehead atoms. The zero-order valence-corrected chi connectivity index (χ0v) is 14.2. The Labute approximate surface area is 148 Å². The van der Waals surface area contributed by atoms with Crippen molar-refractivity contribution in [3.63, 3.8) is 0 Å². The molecule has 1 fully saturated rings. The topological polar surface area (TPSA) is 84.5 Å². The van der Waals surface area contributed by atoms with Crippen molar-refractivity contribution in [3.8, 4) is 0 Å². The summed E-state index contributed by atoms with van der Waals surface area (Å²) in [7, 11) is 0. The van der Waals surface area contributed by atoms with E-state index in [1.165, 1.54) is 6.92 Å². The molecule has 0 unspecified atom stereocenters. The fourth-order valence-electron chi connectivity index (χ4n) is 2.36. The third-order valence-electron chi connectivity index (χ3n) is 3.57. The summed E-state index contributed by atoms with van der Waals surface area (Å²) in [6.07, 6.45) is 7.63. The predicted molar refractivity (Wildman–Crippen MR) is 92.6 cm³/mol. The van der Waals surface area contributed by atoms with Gasteiger partial charge in [0.25, 0.3) is 5.91 Å². The number of carbonyl (C=O) groups is 3. The molecular formula is C19H21N2O4. The summed E-state index contributed by atoms with van der Waals surface area (Å²) in [6.45, 7) is 3.24. The summed E-state index contributed by atoms with van der Waals surface area (Å²) < 4.78 is 4.82. The van der Waals surface area contributed by atoms with Gasteiger partial charge in [0.05, 0.1) is 13.2 Å². The number of amides is 2.